The zero-order chi connectivity index (χ0) is 23.2. The molecule has 168 valence electrons. The normalized spacial score (nSPS) is 10.8. The van der Waals surface area contributed by atoms with Gasteiger partial charge >= 0.3 is 0 Å². The summed E-state index contributed by atoms with van der Waals surface area (Å²) in [6.07, 6.45) is 0. The topological polar surface area (TPSA) is 88.9 Å². The Morgan fingerprint density at radius 2 is 1.79 bits per heavy atom. The van der Waals surface area contributed by atoms with Crippen LogP contribution >= 0.6 is 11.8 Å². The van der Waals surface area contributed by atoms with Crippen molar-refractivity contribution in [2.24, 2.45) is 0 Å². The molecule has 0 fully saturated rings. The van der Waals surface area contributed by atoms with E-state index in [4.69, 9.17) is 0 Å². The van der Waals surface area contributed by atoms with Crippen LogP contribution in [0.1, 0.15) is 28.7 Å². The first kappa shape index (κ1) is 22.5. The van der Waals surface area contributed by atoms with E-state index in [1.54, 1.807) is 6.07 Å². The monoisotopic (exact) mass is 459 g/mol. The summed E-state index contributed by atoms with van der Waals surface area (Å²) in [6.45, 7) is 4.83. The molecule has 4 rings (SSSR count). The number of amides is 2. The van der Waals surface area contributed by atoms with Crippen LogP contribution in [0, 0.1) is 6.92 Å². The lowest BCUT2D eigenvalue weighted by Gasteiger charge is -2.09. The number of carbonyl (C=O) groups excluding carboxylic acids is 2. The predicted octanol–water partition coefficient (Wildman–Crippen LogP) is 4.42. The molecule has 3 aromatic carbocycles. The highest BCUT2D eigenvalue weighted by Crippen LogP contribution is 2.21. The summed E-state index contributed by atoms with van der Waals surface area (Å²) in [5.41, 5.74) is 2.40. The van der Waals surface area contributed by atoms with Crippen molar-refractivity contribution in [3.63, 3.8) is 0 Å². The van der Waals surface area contributed by atoms with Crippen LogP contribution in [-0.2, 0) is 17.9 Å². The predicted molar refractivity (Wildman–Crippen MR) is 131 cm³/mol. The molecule has 2 amide bonds. The van der Waals surface area contributed by atoms with E-state index in [2.05, 4.69) is 20.8 Å². The van der Waals surface area contributed by atoms with E-state index in [9.17, 15) is 9.59 Å². The van der Waals surface area contributed by atoms with Gasteiger partial charge in [0.05, 0.1) is 12.3 Å². The molecular weight excluding hydrogens is 434 g/mol. The molecule has 33 heavy (non-hydrogen) atoms. The Labute approximate surface area is 196 Å². The number of aryl methyl sites for hydroxylation is 1. The van der Waals surface area contributed by atoms with E-state index in [-0.39, 0.29) is 24.1 Å². The second-order valence-corrected chi connectivity index (χ2v) is 8.54. The smallest absolute Gasteiger partial charge is 0.251 e. The molecule has 0 atom stereocenters. The lowest BCUT2D eigenvalue weighted by molar-refractivity contribution is -0.113. The SMILES string of the molecule is CCn1c(CNC(=O)c2cccc(C)c2)nnc1SCC(=O)Nc1ccc2ccccc2c1. The first-order valence-corrected chi connectivity index (χ1v) is 11.7. The number of thioether (sulfide) groups is 1. The van der Waals surface area contributed by atoms with Crippen LogP contribution in [0.15, 0.2) is 71.9 Å². The number of benzene rings is 3. The van der Waals surface area contributed by atoms with Crippen LogP contribution in [-0.4, -0.2) is 32.3 Å². The van der Waals surface area contributed by atoms with Gasteiger partial charge in [0.1, 0.15) is 0 Å². The van der Waals surface area contributed by atoms with Crippen molar-refractivity contribution >= 4 is 40.0 Å². The molecule has 0 aliphatic heterocycles. The van der Waals surface area contributed by atoms with Crippen LogP contribution in [0.3, 0.4) is 0 Å². The van der Waals surface area contributed by atoms with Gasteiger partial charge in [0, 0.05) is 17.8 Å². The molecule has 0 aliphatic carbocycles. The average molecular weight is 460 g/mol. The summed E-state index contributed by atoms with van der Waals surface area (Å²) in [6, 6.07) is 21.3. The second kappa shape index (κ2) is 10.3. The van der Waals surface area contributed by atoms with Crippen molar-refractivity contribution in [1.82, 2.24) is 20.1 Å². The van der Waals surface area contributed by atoms with Gasteiger partial charge in [-0.3, -0.25) is 9.59 Å². The highest BCUT2D eigenvalue weighted by atomic mass is 32.2. The van der Waals surface area contributed by atoms with Gasteiger partial charge < -0.3 is 15.2 Å². The molecule has 0 saturated carbocycles. The number of anilines is 1. The van der Waals surface area contributed by atoms with Crippen molar-refractivity contribution in [2.75, 3.05) is 11.1 Å². The number of hydrogen-bond donors (Lipinski definition) is 2. The minimum absolute atomic E-state index is 0.116. The number of rotatable bonds is 8. The number of aromatic nitrogens is 3. The molecule has 8 heteroatoms. The van der Waals surface area contributed by atoms with Crippen molar-refractivity contribution in [3.8, 4) is 0 Å². The average Bonchev–Trinajstić information content (AvgIpc) is 3.23. The first-order valence-electron chi connectivity index (χ1n) is 10.7. The summed E-state index contributed by atoms with van der Waals surface area (Å²) in [7, 11) is 0. The molecule has 0 radical (unpaired) electrons. The van der Waals surface area contributed by atoms with Gasteiger partial charge in [-0.1, -0.05) is 59.8 Å². The molecule has 1 aromatic heterocycles. The molecule has 0 unspecified atom stereocenters. The van der Waals surface area contributed by atoms with E-state index < -0.39 is 0 Å². The largest absolute Gasteiger partial charge is 0.345 e. The number of fused-ring (bicyclic) bond motifs is 1. The van der Waals surface area contributed by atoms with Crippen molar-refractivity contribution in [2.45, 2.75) is 32.1 Å². The van der Waals surface area contributed by atoms with Gasteiger partial charge in [0.25, 0.3) is 5.91 Å². The van der Waals surface area contributed by atoms with Gasteiger partial charge in [-0.25, -0.2) is 0 Å². The maximum atomic E-state index is 12.5. The molecular formula is C25H25N5O2S. The van der Waals surface area contributed by atoms with Crippen LogP contribution in [0.25, 0.3) is 10.8 Å². The standard InChI is InChI=1S/C25H25N5O2S/c1-3-30-22(15-26-24(32)20-10-6-7-17(2)13-20)28-29-25(30)33-16-23(31)27-21-12-11-18-8-4-5-9-19(18)14-21/h4-14H,3,15-16H2,1-2H3,(H,26,32)(H,27,31). The molecule has 7 nitrogen and oxygen atoms in total. The first-order chi connectivity index (χ1) is 16.0. The fourth-order valence-corrected chi connectivity index (χ4v) is 4.34. The van der Waals surface area contributed by atoms with Gasteiger partial charge in [0.2, 0.25) is 5.91 Å². The minimum atomic E-state index is -0.159. The Morgan fingerprint density at radius 1 is 0.970 bits per heavy atom. The fraction of sp³-hybridized carbons (Fsp3) is 0.200. The number of nitrogens with one attached hydrogen (secondary N) is 2. The molecule has 4 aromatic rings. The Balaban J connectivity index is 1.34. The van der Waals surface area contributed by atoms with Gasteiger partial charge in [-0.05, 0) is 48.9 Å². The highest BCUT2D eigenvalue weighted by molar-refractivity contribution is 7.99. The second-order valence-electron chi connectivity index (χ2n) is 7.59. The zero-order valence-corrected chi connectivity index (χ0v) is 19.4. The lowest BCUT2D eigenvalue weighted by atomic mass is 10.1. The fourth-order valence-electron chi connectivity index (χ4n) is 3.52. The third-order valence-electron chi connectivity index (χ3n) is 5.16. The van der Waals surface area contributed by atoms with Crippen molar-refractivity contribution < 1.29 is 9.59 Å². The molecule has 0 bridgehead atoms. The summed E-state index contributed by atoms with van der Waals surface area (Å²) in [5.74, 6) is 0.583. The Morgan fingerprint density at radius 3 is 2.58 bits per heavy atom. The van der Waals surface area contributed by atoms with Gasteiger partial charge in [-0.15, -0.1) is 10.2 Å². The van der Waals surface area contributed by atoms with Gasteiger partial charge in [0.15, 0.2) is 11.0 Å². The maximum absolute atomic E-state index is 12.5. The van der Waals surface area contributed by atoms with Crippen LogP contribution in [0.5, 0.6) is 0 Å². The quantitative estimate of drug-likeness (QED) is 0.381. The Hall–Kier alpha value is -3.65. The van der Waals surface area contributed by atoms with Crippen LogP contribution < -0.4 is 10.6 Å². The van der Waals surface area contributed by atoms with E-state index in [1.807, 2.05) is 79.1 Å². The van der Waals surface area contributed by atoms with Crippen molar-refractivity contribution in [1.29, 1.82) is 0 Å². The maximum Gasteiger partial charge on any atom is 0.251 e. The summed E-state index contributed by atoms with van der Waals surface area (Å²) < 4.78 is 1.91. The molecule has 0 saturated heterocycles. The summed E-state index contributed by atoms with van der Waals surface area (Å²) in [5, 5.41) is 17.1. The Kier molecular flexibility index (Phi) is 7.04. The number of carbonyl (C=O) groups is 2. The third-order valence-corrected chi connectivity index (χ3v) is 6.13. The molecule has 2 N–H and O–H groups in total. The highest BCUT2D eigenvalue weighted by Gasteiger charge is 2.15. The molecule has 1 heterocycles. The molecule has 0 aliphatic rings. The number of hydrogen-bond acceptors (Lipinski definition) is 5. The van der Waals surface area contributed by atoms with Crippen molar-refractivity contribution in [3.05, 3.63) is 83.7 Å². The van der Waals surface area contributed by atoms with Crippen LogP contribution in [0.4, 0.5) is 5.69 Å². The molecule has 0 spiro atoms. The van der Waals surface area contributed by atoms with E-state index in [0.29, 0.717) is 23.1 Å². The zero-order valence-electron chi connectivity index (χ0n) is 18.5. The van der Waals surface area contributed by atoms with Crippen LogP contribution in [0.2, 0.25) is 0 Å². The third kappa shape index (κ3) is 5.59. The van der Waals surface area contributed by atoms with E-state index >= 15 is 0 Å². The van der Waals surface area contributed by atoms with E-state index in [0.717, 1.165) is 22.0 Å². The Bertz CT molecular complexity index is 1300. The van der Waals surface area contributed by atoms with Gasteiger partial charge in [-0.2, -0.15) is 0 Å². The number of nitrogens with zero attached hydrogens (tertiary/aromatic N) is 3. The lowest BCUT2D eigenvalue weighted by Crippen LogP contribution is -2.25. The minimum Gasteiger partial charge on any atom is -0.345 e. The summed E-state index contributed by atoms with van der Waals surface area (Å²) in [4.78, 5) is 24.9. The summed E-state index contributed by atoms with van der Waals surface area (Å²) >= 11 is 1.32. The van der Waals surface area contributed by atoms with E-state index in [1.165, 1.54) is 11.8 Å².